The van der Waals surface area contributed by atoms with Gasteiger partial charge in [-0.05, 0) is 24.0 Å². The minimum Gasteiger partial charge on any atom is -0.289 e. The highest BCUT2D eigenvalue weighted by atomic mass is 16.1. The maximum Gasteiger partial charge on any atom is 0.185 e. The second kappa shape index (κ2) is 10.6. The molecule has 138 valence electrons. The molecule has 2 aromatic carbocycles. The van der Waals surface area contributed by atoms with Crippen LogP contribution in [0.1, 0.15) is 24.0 Å². The molecule has 0 heterocycles. The predicted octanol–water partition coefficient (Wildman–Crippen LogP) is 6.74. The second-order valence-electron chi connectivity index (χ2n) is 6.52. The van der Waals surface area contributed by atoms with Gasteiger partial charge in [-0.3, -0.25) is 4.79 Å². The van der Waals surface area contributed by atoms with Crippen molar-refractivity contribution in [2.75, 3.05) is 0 Å². The van der Waals surface area contributed by atoms with Crippen LogP contribution in [0, 0.1) is 0 Å². The van der Waals surface area contributed by atoms with Gasteiger partial charge in [0.1, 0.15) is 0 Å². The summed E-state index contributed by atoms with van der Waals surface area (Å²) in [5.74, 6) is 0.161. The summed E-state index contributed by atoms with van der Waals surface area (Å²) in [5.41, 5.74) is 4.08. The highest BCUT2D eigenvalue weighted by Gasteiger charge is 2.21. The average Bonchev–Trinajstić information content (AvgIpc) is 3.09. The lowest BCUT2D eigenvalue weighted by Crippen LogP contribution is -1.94. The zero-order valence-electron chi connectivity index (χ0n) is 15.9. The molecule has 1 saturated carbocycles. The highest BCUT2D eigenvalue weighted by Crippen LogP contribution is 2.26. The van der Waals surface area contributed by atoms with Crippen LogP contribution in [0.15, 0.2) is 120 Å². The molecule has 0 aliphatic heterocycles. The molecule has 2 aromatic rings. The Hall–Kier alpha value is -3.45. The lowest BCUT2D eigenvalue weighted by atomic mass is 10.1. The number of carbonyl (C=O) groups excluding carboxylic acids is 1. The normalized spacial score (nSPS) is 18.1. The Balaban J connectivity index is 1.52. The van der Waals surface area contributed by atoms with Crippen molar-refractivity contribution in [2.45, 2.75) is 12.8 Å². The first-order chi connectivity index (χ1) is 13.8. The smallest absolute Gasteiger partial charge is 0.185 e. The lowest BCUT2D eigenvalue weighted by Gasteiger charge is -1.91. The Morgan fingerprint density at radius 1 is 0.536 bits per heavy atom. The van der Waals surface area contributed by atoms with Crippen LogP contribution in [0.3, 0.4) is 0 Å². The van der Waals surface area contributed by atoms with E-state index in [1.54, 1.807) is 0 Å². The van der Waals surface area contributed by atoms with E-state index in [1.165, 1.54) is 0 Å². The van der Waals surface area contributed by atoms with E-state index < -0.39 is 0 Å². The molecule has 0 aromatic heterocycles. The predicted molar refractivity (Wildman–Crippen MR) is 120 cm³/mol. The van der Waals surface area contributed by atoms with Crippen molar-refractivity contribution in [3.05, 3.63) is 132 Å². The fraction of sp³-hybridized carbons (Fsp3) is 0.0741. The van der Waals surface area contributed by atoms with E-state index in [0.717, 1.165) is 35.1 Å². The van der Waals surface area contributed by atoms with Crippen molar-refractivity contribution in [1.29, 1.82) is 0 Å². The molecular formula is C27H24O. The SMILES string of the molecule is O=C1C(=CC=CC=Cc2ccccc2)CCC1=CC=CC=Cc1ccccc1. The number of hydrogen-bond acceptors (Lipinski definition) is 1. The van der Waals surface area contributed by atoms with Gasteiger partial charge in [0.15, 0.2) is 5.78 Å². The van der Waals surface area contributed by atoms with Crippen LogP contribution in [0.4, 0.5) is 0 Å². The number of Topliss-reactive ketones (excluding diaryl/α,β-unsaturated/α-hetero) is 1. The highest BCUT2D eigenvalue weighted by molar-refractivity contribution is 6.11. The minimum atomic E-state index is 0.161. The summed E-state index contributed by atoms with van der Waals surface area (Å²) in [6, 6.07) is 20.3. The number of rotatable bonds is 6. The molecular weight excluding hydrogens is 340 g/mol. The third kappa shape index (κ3) is 6.07. The van der Waals surface area contributed by atoms with Crippen LogP contribution in [-0.4, -0.2) is 5.78 Å². The van der Waals surface area contributed by atoms with E-state index in [2.05, 4.69) is 24.3 Å². The van der Waals surface area contributed by atoms with Gasteiger partial charge < -0.3 is 0 Å². The zero-order valence-corrected chi connectivity index (χ0v) is 15.9. The van der Waals surface area contributed by atoms with Gasteiger partial charge in [0.05, 0.1) is 0 Å². The van der Waals surface area contributed by atoms with Gasteiger partial charge in [-0.15, -0.1) is 0 Å². The molecule has 0 N–H and O–H groups in total. The third-order valence-electron chi connectivity index (χ3n) is 4.46. The molecule has 3 rings (SSSR count). The molecule has 1 fully saturated rings. The molecule has 0 saturated heterocycles. The molecule has 0 bridgehead atoms. The Kier molecular flexibility index (Phi) is 7.34. The Morgan fingerprint density at radius 3 is 1.39 bits per heavy atom. The minimum absolute atomic E-state index is 0.161. The van der Waals surface area contributed by atoms with Crippen molar-refractivity contribution in [1.82, 2.24) is 0 Å². The van der Waals surface area contributed by atoms with Crippen LogP contribution >= 0.6 is 0 Å². The molecule has 1 aliphatic carbocycles. The Labute approximate surface area is 167 Å². The summed E-state index contributed by atoms with van der Waals surface area (Å²) in [7, 11) is 0. The number of carbonyl (C=O) groups is 1. The zero-order chi connectivity index (χ0) is 19.4. The first-order valence-electron chi connectivity index (χ1n) is 9.55. The molecule has 0 spiro atoms. The van der Waals surface area contributed by atoms with Gasteiger partial charge in [0, 0.05) is 11.1 Å². The van der Waals surface area contributed by atoms with Crippen molar-refractivity contribution >= 4 is 17.9 Å². The molecule has 1 heteroatoms. The Bertz CT molecular complexity index is 872. The van der Waals surface area contributed by atoms with Crippen LogP contribution in [0.5, 0.6) is 0 Å². The third-order valence-corrected chi connectivity index (χ3v) is 4.46. The molecule has 1 aliphatic rings. The van der Waals surface area contributed by atoms with E-state index in [9.17, 15) is 4.79 Å². The summed E-state index contributed by atoms with van der Waals surface area (Å²) < 4.78 is 0. The summed E-state index contributed by atoms with van der Waals surface area (Å²) in [6.45, 7) is 0. The maximum atomic E-state index is 12.4. The number of allylic oxidation sites excluding steroid dienone is 10. The first kappa shape index (κ1) is 19.3. The number of hydrogen-bond donors (Lipinski definition) is 0. The summed E-state index contributed by atoms with van der Waals surface area (Å²) in [6.07, 6.45) is 21.4. The first-order valence-corrected chi connectivity index (χ1v) is 9.55. The molecule has 0 amide bonds. The molecule has 1 nitrogen and oxygen atoms in total. The molecule has 28 heavy (non-hydrogen) atoms. The van der Waals surface area contributed by atoms with Crippen LogP contribution in [0.25, 0.3) is 12.2 Å². The number of ketones is 1. The van der Waals surface area contributed by atoms with E-state index in [1.807, 2.05) is 97.2 Å². The van der Waals surface area contributed by atoms with E-state index in [0.29, 0.717) is 0 Å². The molecule has 0 atom stereocenters. The lowest BCUT2D eigenvalue weighted by molar-refractivity contribution is -0.111. The topological polar surface area (TPSA) is 17.1 Å². The Morgan fingerprint density at radius 2 is 0.964 bits per heavy atom. The molecule has 0 radical (unpaired) electrons. The monoisotopic (exact) mass is 364 g/mol. The summed E-state index contributed by atoms with van der Waals surface area (Å²) >= 11 is 0. The van der Waals surface area contributed by atoms with Gasteiger partial charge in [-0.1, -0.05) is 121 Å². The summed E-state index contributed by atoms with van der Waals surface area (Å²) in [5, 5.41) is 0. The number of benzene rings is 2. The fourth-order valence-corrected chi connectivity index (χ4v) is 2.95. The van der Waals surface area contributed by atoms with Crippen molar-refractivity contribution in [3.8, 4) is 0 Å². The van der Waals surface area contributed by atoms with Gasteiger partial charge in [-0.2, -0.15) is 0 Å². The maximum absolute atomic E-state index is 12.4. The average molecular weight is 364 g/mol. The molecule has 0 unspecified atom stereocenters. The quantitative estimate of drug-likeness (QED) is 0.410. The van der Waals surface area contributed by atoms with E-state index in [4.69, 9.17) is 0 Å². The fourth-order valence-electron chi connectivity index (χ4n) is 2.95. The van der Waals surface area contributed by atoms with Crippen LogP contribution in [-0.2, 0) is 4.79 Å². The standard InChI is InChI=1S/C27H24O/c28-27-25(19-11-3-9-17-23-13-5-1-6-14-23)21-22-26(27)20-12-4-10-18-24-15-7-2-8-16-24/h1-20H,21-22H2. The van der Waals surface area contributed by atoms with Crippen LogP contribution in [0.2, 0.25) is 0 Å². The van der Waals surface area contributed by atoms with Gasteiger partial charge >= 0.3 is 0 Å². The van der Waals surface area contributed by atoms with Crippen LogP contribution < -0.4 is 0 Å². The van der Waals surface area contributed by atoms with Crippen molar-refractivity contribution < 1.29 is 4.79 Å². The van der Waals surface area contributed by atoms with Crippen molar-refractivity contribution in [2.24, 2.45) is 0 Å². The van der Waals surface area contributed by atoms with E-state index >= 15 is 0 Å². The van der Waals surface area contributed by atoms with Gasteiger partial charge in [0.2, 0.25) is 0 Å². The second-order valence-corrected chi connectivity index (χ2v) is 6.52. The van der Waals surface area contributed by atoms with Crippen molar-refractivity contribution in [3.63, 3.8) is 0 Å². The van der Waals surface area contributed by atoms with Gasteiger partial charge in [0.25, 0.3) is 0 Å². The summed E-state index contributed by atoms with van der Waals surface area (Å²) in [4.78, 5) is 12.4. The van der Waals surface area contributed by atoms with E-state index in [-0.39, 0.29) is 5.78 Å². The van der Waals surface area contributed by atoms with Gasteiger partial charge in [-0.25, -0.2) is 0 Å². The largest absolute Gasteiger partial charge is 0.289 e.